The van der Waals surface area contributed by atoms with E-state index < -0.39 is 0 Å². The zero-order chi connectivity index (χ0) is 12.9. The molecule has 1 fully saturated rings. The van der Waals surface area contributed by atoms with Gasteiger partial charge in [0.25, 0.3) is 0 Å². The monoisotopic (exact) mass is 290 g/mol. The molecule has 1 aromatic heterocycles. The van der Waals surface area contributed by atoms with E-state index in [1.54, 1.807) is 0 Å². The van der Waals surface area contributed by atoms with Crippen LogP contribution in [0, 0.1) is 0 Å². The van der Waals surface area contributed by atoms with Crippen molar-refractivity contribution in [3.05, 3.63) is 35.5 Å². The van der Waals surface area contributed by atoms with Crippen LogP contribution in [0.25, 0.3) is 10.9 Å². The Balaban J connectivity index is 2.04. The lowest BCUT2D eigenvalue weighted by Crippen LogP contribution is -2.25. The van der Waals surface area contributed by atoms with Gasteiger partial charge in [-0.25, -0.2) is 0 Å². The van der Waals surface area contributed by atoms with Crippen LogP contribution < -0.4 is 0 Å². The summed E-state index contributed by atoms with van der Waals surface area (Å²) in [5.74, 6) is 2.40. The first-order chi connectivity index (χ1) is 9.34. The lowest BCUT2D eigenvalue weighted by atomic mass is 9.93. The summed E-state index contributed by atoms with van der Waals surface area (Å²) in [4.78, 5) is 3.58. The Morgan fingerprint density at radius 1 is 1.21 bits per heavy atom. The maximum atomic E-state index is 9.31. The van der Waals surface area contributed by atoms with Crippen LogP contribution in [0.15, 0.2) is 29.4 Å². The standard InChI is InChI=1S/C14H14N2OS2/c17-16-11-5-6-14(18-7-8-19-14)13-12(11)9-3-1-2-4-10(9)15-13/h1-4,15,17H,5-8H2/b16-11-. The average Bonchev–Trinajstić information content (AvgIpc) is 3.06. The van der Waals surface area contributed by atoms with Crippen molar-refractivity contribution in [2.24, 2.45) is 5.16 Å². The summed E-state index contributed by atoms with van der Waals surface area (Å²) in [6.45, 7) is 0. The van der Waals surface area contributed by atoms with Gasteiger partial charge in [-0.3, -0.25) is 0 Å². The van der Waals surface area contributed by atoms with E-state index in [1.165, 1.54) is 22.6 Å². The number of oxime groups is 1. The van der Waals surface area contributed by atoms with E-state index in [9.17, 15) is 5.21 Å². The molecule has 19 heavy (non-hydrogen) atoms. The molecule has 0 unspecified atom stereocenters. The number of benzene rings is 1. The molecule has 5 heteroatoms. The first-order valence-electron chi connectivity index (χ1n) is 6.44. The number of nitrogens with zero attached hydrogens (tertiary/aromatic N) is 1. The molecule has 2 aliphatic rings. The fraction of sp³-hybridized carbons (Fsp3) is 0.357. The topological polar surface area (TPSA) is 48.4 Å². The van der Waals surface area contributed by atoms with Crippen LogP contribution in [0.4, 0.5) is 0 Å². The Hall–Kier alpha value is -1.07. The molecule has 1 aliphatic carbocycles. The lowest BCUT2D eigenvalue weighted by Gasteiger charge is -2.32. The third-order valence-electron chi connectivity index (χ3n) is 3.94. The van der Waals surface area contributed by atoms with Crippen molar-refractivity contribution in [3.8, 4) is 0 Å². The van der Waals surface area contributed by atoms with Crippen molar-refractivity contribution in [1.82, 2.24) is 4.98 Å². The Kier molecular flexibility index (Phi) is 2.60. The number of aromatic amines is 1. The summed E-state index contributed by atoms with van der Waals surface area (Å²) >= 11 is 4.06. The van der Waals surface area contributed by atoms with Crippen molar-refractivity contribution in [2.75, 3.05) is 11.5 Å². The van der Waals surface area contributed by atoms with Gasteiger partial charge in [0.2, 0.25) is 0 Å². The summed E-state index contributed by atoms with van der Waals surface area (Å²) in [5, 5.41) is 14.0. The number of para-hydroxylation sites is 1. The maximum Gasteiger partial charge on any atom is 0.102 e. The van der Waals surface area contributed by atoms with Crippen LogP contribution >= 0.6 is 23.5 Å². The van der Waals surface area contributed by atoms with Crippen molar-refractivity contribution in [2.45, 2.75) is 16.9 Å². The molecule has 2 aromatic rings. The van der Waals surface area contributed by atoms with Gasteiger partial charge in [0.1, 0.15) is 4.08 Å². The number of rotatable bonds is 0. The van der Waals surface area contributed by atoms with E-state index in [1.807, 2.05) is 35.7 Å². The summed E-state index contributed by atoms with van der Waals surface area (Å²) < 4.78 is 0.141. The number of thioether (sulfide) groups is 2. The molecular formula is C14H14N2OS2. The molecule has 1 saturated heterocycles. The average molecular weight is 290 g/mol. The molecule has 2 heterocycles. The van der Waals surface area contributed by atoms with Crippen LogP contribution in [0.1, 0.15) is 24.1 Å². The normalized spacial score (nSPS) is 23.3. The van der Waals surface area contributed by atoms with Crippen molar-refractivity contribution in [3.63, 3.8) is 0 Å². The quantitative estimate of drug-likeness (QED) is 0.573. The van der Waals surface area contributed by atoms with Crippen LogP contribution in [-0.4, -0.2) is 27.4 Å². The predicted molar refractivity (Wildman–Crippen MR) is 82.5 cm³/mol. The van der Waals surface area contributed by atoms with Gasteiger partial charge in [-0.1, -0.05) is 23.4 Å². The minimum Gasteiger partial charge on any atom is -0.411 e. The first kappa shape index (κ1) is 11.7. The number of hydrogen-bond acceptors (Lipinski definition) is 4. The SMILES string of the molecule is O/N=C1/CCC2(SCCS2)c2[nH]c3ccccc3c21. The summed E-state index contributed by atoms with van der Waals surface area (Å²) in [7, 11) is 0. The highest BCUT2D eigenvalue weighted by atomic mass is 32.2. The molecule has 3 nitrogen and oxygen atoms in total. The smallest absolute Gasteiger partial charge is 0.102 e. The molecule has 1 aliphatic heterocycles. The Bertz CT molecular complexity index is 671. The lowest BCUT2D eigenvalue weighted by molar-refractivity contribution is 0.317. The fourth-order valence-corrected chi connectivity index (χ4v) is 6.35. The number of nitrogens with one attached hydrogen (secondary N) is 1. The van der Waals surface area contributed by atoms with E-state index in [-0.39, 0.29) is 4.08 Å². The van der Waals surface area contributed by atoms with E-state index in [4.69, 9.17) is 0 Å². The zero-order valence-corrected chi connectivity index (χ0v) is 12.0. The molecule has 0 bridgehead atoms. The van der Waals surface area contributed by atoms with E-state index in [2.05, 4.69) is 22.3 Å². The molecule has 0 radical (unpaired) electrons. The van der Waals surface area contributed by atoms with Crippen LogP contribution in [-0.2, 0) is 4.08 Å². The van der Waals surface area contributed by atoms with Crippen LogP contribution in [0.3, 0.4) is 0 Å². The highest BCUT2D eigenvalue weighted by Gasteiger charge is 2.44. The number of H-pyrrole nitrogens is 1. The van der Waals surface area contributed by atoms with Gasteiger partial charge in [-0.05, 0) is 18.9 Å². The Morgan fingerprint density at radius 3 is 2.79 bits per heavy atom. The molecule has 0 amide bonds. The molecule has 2 N–H and O–H groups in total. The molecular weight excluding hydrogens is 276 g/mol. The van der Waals surface area contributed by atoms with Crippen LogP contribution in [0.2, 0.25) is 0 Å². The molecule has 1 spiro atoms. The van der Waals surface area contributed by atoms with Gasteiger partial charge < -0.3 is 10.2 Å². The van der Waals surface area contributed by atoms with E-state index in [0.717, 1.165) is 29.6 Å². The maximum absolute atomic E-state index is 9.31. The highest BCUT2D eigenvalue weighted by molar-refractivity contribution is 8.20. The molecule has 1 aromatic carbocycles. The van der Waals surface area contributed by atoms with Crippen molar-refractivity contribution >= 4 is 40.1 Å². The third kappa shape index (κ3) is 1.58. The van der Waals surface area contributed by atoms with Crippen molar-refractivity contribution < 1.29 is 5.21 Å². The summed E-state index contributed by atoms with van der Waals surface area (Å²) in [6.07, 6.45) is 1.90. The third-order valence-corrected chi connectivity index (χ3v) is 7.47. The largest absolute Gasteiger partial charge is 0.411 e. The molecule has 98 valence electrons. The number of hydrogen-bond donors (Lipinski definition) is 2. The second-order valence-electron chi connectivity index (χ2n) is 4.92. The second kappa shape index (κ2) is 4.21. The first-order valence-corrected chi connectivity index (χ1v) is 8.41. The van der Waals surface area contributed by atoms with Gasteiger partial charge in [0.05, 0.1) is 11.4 Å². The molecule has 0 saturated carbocycles. The second-order valence-corrected chi connectivity index (χ2v) is 7.96. The minimum absolute atomic E-state index is 0.141. The summed E-state index contributed by atoms with van der Waals surface area (Å²) in [5.41, 5.74) is 4.35. The van der Waals surface area contributed by atoms with Gasteiger partial charge in [-0.15, -0.1) is 23.5 Å². The van der Waals surface area contributed by atoms with E-state index >= 15 is 0 Å². The van der Waals surface area contributed by atoms with E-state index in [0.29, 0.717) is 0 Å². The van der Waals surface area contributed by atoms with Crippen LogP contribution in [0.5, 0.6) is 0 Å². The highest BCUT2D eigenvalue weighted by Crippen LogP contribution is 2.58. The fourth-order valence-electron chi connectivity index (χ4n) is 3.10. The molecule has 0 atom stereocenters. The van der Waals surface area contributed by atoms with Gasteiger partial charge in [-0.2, -0.15) is 0 Å². The number of aromatic nitrogens is 1. The minimum atomic E-state index is 0.141. The predicted octanol–water partition coefficient (Wildman–Crippen LogP) is 3.77. The molecule has 4 rings (SSSR count). The number of fused-ring (bicyclic) bond motifs is 4. The van der Waals surface area contributed by atoms with Gasteiger partial charge >= 0.3 is 0 Å². The Morgan fingerprint density at radius 2 is 2.00 bits per heavy atom. The van der Waals surface area contributed by atoms with Gasteiger partial charge in [0, 0.05) is 28.0 Å². The van der Waals surface area contributed by atoms with Crippen molar-refractivity contribution in [1.29, 1.82) is 0 Å². The van der Waals surface area contributed by atoms with Gasteiger partial charge in [0.15, 0.2) is 0 Å². The Labute approximate surface area is 119 Å². The summed E-state index contributed by atoms with van der Waals surface area (Å²) in [6, 6.07) is 8.29. The zero-order valence-electron chi connectivity index (χ0n) is 10.3.